The van der Waals surface area contributed by atoms with Crippen molar-refractivity contribution in [3.05, 3.63) is 113 Å². The van der Waals surface area contributed by atoms with Crippen LogP contribution in [0.25, 0.3) is 67.1 Å². The summed E-state index contributed by atoms with van der Waals surface area (Å²) in [5, 5.41) is 13.6. The number of alkyl halides is 6. The summed E-state index contributed by atoms with van der Waals surface area (Å²) in [4.78, 5) is 55.9. The molecular weight excluding hydrogens is 1230 g/mol. The Kier molecular flexibility index (Phi) is 17.4. The van der Waals surface area contributed by atoms with Crippen LogP contribution in [0.3, 0.4) is 0 Å². The lowest BCUT2D eigenvalue weighted by Crippen LogP contribution is -2.47. The fourth-order valence-corrected chi connectivity index (χ4v) is 12.0. The first kappa shape index (κ1) is 64.7. The Bertz CT molecular complexity index is 4310. The number of H-pyrrole nitrogens is 1. The molecule has 2 fully saturated rings. The Morgan fingerprint density at radius 2 is 1.10 bits per heavy atom. The normalized spacial score (nSPS) is 16.0. The maximum Gasteiger partial charge on any atom is 0.419 e. The van der Waals surface area contributed by atoms with E-state index in [0.29, 0.717) is 72.2 Å². The molecule has 1 aromatic carbocycles. The summed E-state index contributed by atoms with van der Waals surface area (Å²) in [5.74, 6) is -1.41. The molecule has 0 spiro atoms. The van der Waals surface area contributed by atoms with Crippen LogP contribution in [0.15, 0.2) is 81.2 Å². The van der Waals surface area contributed by atoms with Crippen LogP contribution in [0.1, 0.15) is 101 Å². The quantitative estimate of drug-likeness (QED) is 0.107. The number of hydrogen-bond acceptors (Lipinski definition) is 18. The van der Waals surface area contributed by atoms with E-state index in [9.17, 15) is 44.3 Å². The van der Waals surface area contributed by atoms with Crippen molar-refractivity contribution in [2.24, 2.45) is 0 Å². The molecule has 2 atom stereocenters. The average Bonchev–Trinajstić information content (AvgIpc) is 1.62. The summed E-state index contributed by atoms with van der Waals surface area (Å²) in [6.45, 7) is 18.2. The van der Waals surface area contributed by atoms with E-state index in [1.807, 2.05) is 0 Å². The van der Waals surface area contributed by atoms with E-state index in [0.717, 1.165) is 18.3 Å². The lowest BCUT2D eigenvalue weighted by Gasteiger charge is -2.34. The number of nitrogens with zero attached hydrogens (tertiary/aromatic N) is 11. The molecule has 2 saturated heterocycles. The van der Waals surface area contributed by atoms with Crippen molar-refractivity contribution in [3.8, 4) is 45.0 Å². The van der Waals surface area contributed by atoms with E-state index >= 15 is 8.78 Å². The first-order valence-electron chi connectivity index (χ1n) is 28.6. The Balaban J connectivity index is 0.000000204. The van der Waals surface area contributed by atoms with Crippen molar-refractivity contribution in [1.29, 1.82) is 0 Å². The molecular formula is C60H62F8N14O8S. The van der Waals surface area contributed by atoms with E-state index in [1.165, 1.54) is 42.3 Å². The van der Waals surface area contributed by atoms with Crippen molar-refractivity contribution in [2.75, 3.05) is 36.8 Å². The molecule has 22 nitrogen and oxygen atoms in total. The number of amides is 2. The van der Waals surface area contributed by atoms with E-state index in [1.54, 1.807) is 73.3 Å². The zero-order valence-corrected chi connectivity index (χ0v) is 51.6. The number of rotatable bonds is 10. The predicted molar refractivity (Wildman–Crippen MR) is 316 cm³/mol. The zero-order valence-electron chi connectivity index (χ0n) is 50.8. The summed E-state index contributed by atoms with van der Waals surface area (Å²) >= 11 is 0. The Morgan fingerprint density at radius 1 is 0.637 bits per heavy atom. The number of benzene rings is 1. The number of aryl methyl sites for hydroxylation is 4. The number of piperidine rings is 2. The number of likely N-dealkylation sites (tertiary alicyclic amines) is 2. The second-order valence-corrected chi connectivity index (χ2v) is 25.7. The molecule has 0 radical (unpaired) electrons. The van der Waals surface area contributed by atoms with Crippen molar-refractivity contribution >= 4 is 56.2 Å². The first-order chi connectivity index (χ1) is 42.6. The summed E-state index contributed by atoms with van der Waals surface area (Å²) in [5.41, 5.74) is -4.50. The van der Waals surface area contributed by atoms with Gasteiger partial charge in [0.2, 0.25) is 11.9 Å². The van der Waals surface area contributed by atoms with Crippen LogP contribution in [0.5, 0.6) is 0 Å². The molecule has 2 aliphatic rings. The van der Waals surface area contributed by atoms with Gasteiger partial charge in [-0.25, -0.2) is 60.7 Å². The molecule has 91 heavy (non-hydrogen) atoms. The highest BCUT2D eigenvalue weighted by molar-refractivity contribution is 7.90. The number of hydrogen-bond donors (Lipinski definition) is 3. The highest BCUT2D eigenvalue weighted by Crippen LogP contribution is 2.43. The van der Waals surface area contributed by atoms with Gasteiger partial charge in [0, 0.05) is 84.9 Å². The third kappa shape index (κ3) is 13.9. The molecule has 3 N–H and O–H groups in total. The van der Waals surface area contributed by atoms with Crippen LogP contribution in [0, 0.1) is 39.3 Å². The van der Waals surface area contributed by atoms with Gasteiger partial charge >= 0.3 is 24.5 Å². The van der Waals surface area contributed by atoms with Gasteiger partial charge in [-0.15, -0.1) is 0 Å². The van der Waals surface area contributed by atoms with Crippen molar-refractivity contribution in [2.45, 2.75) is 135 Å². The minimum atomic E-state index is -4.98. The topological polar surface area (TPSA) is 267 Å². The van der Waals surface area contributed by atoms with Gasteiger partial charge < -0.3 is 43.9 Å². The van der Waals surface area contributed by atoms with Gasteiger partial charge in [-0.3, -0.25) is 0 Å². The van der Waals surface area contributed by atoms with Gasteiger partial charge in [0.15, 0.2) is 5.65 Å². The minimum Gasteiger partial charge on any atom is -0.444 e. The van der Waals surface area contributed by atoms with Gasteiger partial charge in [-0.05, 0) is 119 Å². The number of fused-ring (bicyclic) bond motifs is 2. The van der Waals surface area contributed by atoms with Crippen LogP contribution < -0.4 is 10.6 Å². The summed E-state index contributed by atoms with van der Waals surface area (Å²) < 4.78 is 167. The highest BCUT2D eigenvalue weighted by Gasteiger charge is 2.40. The van der Waals surface area contributed by atoms with Crippen LogP contribution in [0.4, 0.5) is 56.6 Å². The maximum atomic E-state index is 15.9. The fourth-order valence-electron chi connectivity index (χ4n) is 10.7. The number of carbonyl (C=O) groups is 2. The summed E-state index contributed by atoms with van der Waals surface area (Å²) in [6.07, 6.45) is -4.81. The molecule has 31 heteroatoms. The van der Waals surface area contributed by atoms with Gasteiger partial charge in [-0.2, -0.15) is 26.3 Å². The van der Waals surface area contributed by atoms with E-state index < -0.39 is 86.0 Å². The molecule has 482 valence electrons. The fraction of sp³-hybridized carbons (Fsp3) is 0.400. The number of nitrogens with one attached hydrogen (secondary N) is 3. The number of anilines is 2. The SMILES string of the molecule is Cc1noc(C)c1-c1nc2[nH]cc(-c3nc(N[C@H]4CCCN(C(=O)OC(C)(C)C)C4)ncc3C(F)(F)F)c2cc1F.Cc1noc(C)c1-c1nc2c(cc1F)c(-c1nc(N[C@H]3CCCN(C(=O)OC(C)(C)C)C3)ncc1C(F)(F)F)cn2S(=O)(=O)c1ccccc1. The predicted octanol–water partition coefficient (Wildman–Crippen LogP) is 13.2. The van der Waals surface area contributed by atoms with Crippen molar-refractivity contribution in [1.82, 2.24) is 59.0 Å². The Labute approximate surface area is 515 Å². The van der Waals surface area contributed by atoms with Crippen LogP contribution in [-0.2, 0) is 31.8 Å². The Hall–Kier alpha value is -9.29. The first-order valence-corrected chi connectivity index (χ1v) is 30.0. The van der Waals surface area contributed by atoms with Crippen LogP contribution in [-0.4, -0.2) is 129 Å². The van der Waals surface area contributed by atoms with Gasteiger partial charge in [0.05, 0.1) is 38.8 Å². The molecule has 0 bridgehead atoms. The molecule has 2 aliphatic heterocycles. The molecule has 0 aliphatic carbocycles. The smallest absolute Gasteiger partial charge is 0.419 e. The second-order valence-electron chi connectivity index (χ2n) is 23.9. The number of carbonyl (C=O) groups excluding carboxylic acids is 2. The van der Waals surface area contributed by atoms with Gasteiger partial charge in [0.1, 0.15) is 62.5 Å². The standard InChI is InChI=1S/C33H33F4N7O5S.C27H29F4N7O3/c1-18-26(19(2)49-42-18)28-25(34)14-22-23(17-44(29(22)40-28)50(46,47)21-11-7-6-8-12-21)27-24(33(35,36)37)15-38-30(41-27)39-20-10-9-13-43(16-20)31(45)48-32(3,4)5;1-13-20(14(2)41-37-13)22-19(28)9-16-17(10-32-23(16)35-22)21-18(27(29,30)31)11-33-24(36-21)34-15-7-6-8-38(12-15)25(39)40-26(3,4)5/h6-8,11-12,14-15,17,20H,9-10,13,16H2,1-5H3,(H,38,39,41);9-11,15H,6-8,12H2,1-5H3,(H,32,35)(H,33,34,36)/t20-;15-/m00/s1. The largest absolute Gasteiger partial charge is 0.444 e. The van der Waals surface area contributed by atoms with Gasteiger partial charge in [0.25, 0.3) is 10.0 Å². The number of pyridine rings is 2. The monoisotopic (exact) mass is 1290 g/mol. The molecule has 2 amide bonds. The minimum absolute atomic E-state index is 0.00788. The maximum absolute atomic E-state index is 15.9. The number of halogens is 8. The lowest BCUT2D eigenvalue weighted by molar-refractivity contribution is -0.138. The zero-order chi connectivity index (χ0) is 65.9. The average molecular weight is 1290 g/mol. The number of aromatic amines is 1. The molecule has 0 unspecified atom stereocenters. The Morgan fingerprint density at radius 3 is 1.55 bits per heavy atom. The van der Waals surface area contributed by atoms with E-state index in [4.69, 9.17) is 18.5 Å². The van der Waals surface area contributed by atoms with E-state index in [2.05, 4.69) is 55.8 Å². The molecule has 10 heterocycles. The van der Waals surface area contributed by atoms with Gasteiger partial charge in [-0.1, -0.05) is 28.5 Å². The highest BCUT2D eigenvalue weighted by atomic mass is 32.2. The summed E-state index contributed by atoms with van der Waals surface area (Å²) in [6, 6.07) is 8.48. The lowest BCUT2D eigenvalue weighted by atomic mass is 10.0. The molecule has 11 rings (SSSR count). The summed E-state index contributed by atoms with van der Waals surface area (Å²) in [7, 11) is -4.48. The van der Waals surface area contributed by atoms with Crippen molar-refractivity contribution < 1.29 is 71.7 Å². The third-order valence-electron chi connectivity index (χ3n) is 14.7. The third-order valence-corrected chi connectivity index (χ3v) is 16.3. The van der Waals surface area contributed by atoms with Crippen LogP contribution in [0.2, 0.25) is 0 Å². The molecule has 8 aromatic heterocycles. The van der Waals surface area contributed by atoms with Crippen molar-refractivity contribution in [3.63, 3.8) is 0 Å². The van der Waals surface area contributed by atoms with Crippen LogP contribution >= 0.6 is 0 Å². The second kappa shape index (κ2) is 24.5. The number of ether oxygens (including phenoxy) is 2. The number of aromatic nitrogens is 10. The molecule has 0 saturated carbocycles. The van der Waals surface area contributed by atoms with E-state index in [-0.39, 0.29) is 97.5 Å². The molecule has 9 aromatic rings.